The molecule has 2 aromatic carbocycles. The predicted molar refractivity (Wildman–Crippen MR) is 73.1 cm³/mol. The van der Waals surface area contributed by atoms with E-state index in [0.29, 0.717) is 11.3 Å². The third kappa shape index (κ3) is 3.09. The van der Waals surface area contributed by atoms with Gasteiger partial charge in [0.15, 0.2) is 0 Å². The van der Waals surface area contributed by atoms with Crippen molar-refractivity contribution in [3.8, 4) is 17.6 Å². The first-order valence-electron chi connectivity index (χ1n) is 4.82. The van der Waals surface area contributed by atoms with Crippen LogP contribution < -0.4 is 4.74 Å². The van der Waals surface area contributed by atoms with Crippen molar-refractivity contribution in [1.82, 2.24) is 0 Å². The largest absolute Gasteiger partial charge is 0.457 e. The molecule has 0 aromatic heterocycles. The number of hydrogen-bond donors (Lipinski definition) is 0. The predicted octanol–water partition coefficient (Wildman–Crippen LogP) is 4.88. The Morgan fingerprint density at radius 2 is 1.59 bits per heavy atom. The topological polar surface area (TPSA) is 33.0 Å². The first-order valence-corrected chi connectivity index (χ1v) is 6.41. The van der Waals surface area contributed by atoms with Crippen LogP contribution in [-0.4, -0.2) is 0 Å². The molecule has 2 nitrogen and oxygen atoms in total. The Balaban J connectivity index is 2.22. The molecule has 0 radical (unpaired) electrons. The van der Waals surface area contributed by atoms with E-state index in [1.165, 1.54) is 0 Å². The number of benzene rings is 2. The van der Waals surface area contributed by atoms with Gasteiger partial charge in [-0.2, -0.15) is 5.26 Å². The van der Waals surface area contributed by atoms with Crippen LogP contribution >= 0.6 is 31.9 Å². The van der Waals surface area contributed by atoms with E-state index in [4.69, 9.17) is 10.00 Å². The van der Waals surface area contributed by atoms with E-state index in [1.54, 1.807) is 18.2 Å². The van der Waals surface area contributed by atoms with Crippen LogP contribution in [0.2, 0.25) is 0 Å². The average Bonchev–Trinajstić information content (AvgIpc) is 2.32. The normalized spacial score (nSPS) is 9.71. The van der Waals surface area contributed by atoms with Gasteiger partial charge < -0.3 is 4.74 Å². The summed E-state index contributed by atoms with van der Waals surface area (Å²) < 4.78 is 7.39. The highest BCUT2D eigenvalue weighted by atomic mass is 79.9. The number of nitrogens with zero attached hydrogens (tertiary/aromatic N) is 1. The van der Waals surface area contributed by atoms with Gasteiger partial charge in [-0.05, 0) is 58.4 Å². The molecular weight excluding hydrogens is 346 g/mol. The van der Waals surface area contributed by atoms with Crippen LogP contribution in [0, 0.1) is 11.3 Å². The minimum atomic E-state index is 0.591. The van der Waals surface area contributed by atoms with Gasteiger partial charge in [0.05, 0.1) is 5.56 Å². The zero-order valence-electron chi connectivity index (χ0n) is 8.65. The van der Waals surface area contributed by atoms with E-state index in [-0.39, 0.29) is 0 Å². The van der Waals surface area contributed by atoms with Gasteiger partial charge in [-0.25, -0.2) is 0 Å². The van der Waals surface area contributed by atoms with E-state index in [1.807, 2.05) is 24.3 Å². The Labute approximate surface area is 116 Å². The highest BCUT2D eigenvalue weighted by Crippen LogP contribution is 2.27. The van der Waals surface area contributed by atoms with Crippen molar-refractivity contribution < 1.29 is 4.74 Å². The van der Waals surface area contributed by atoms with Crippen molar-refractivity contribution in [1.29, 1.82) is 5.26 Å². The smallest absolute Gasteiger partial charge is 0.128 e. The van der Waals surface area contributed by atoms with Crippen molar-refractivity contribution in [3.63, 3.8) is 0 Å². The maximum absolute atomic E-state index is 8.80. The van der Waals surface area contributed by atoms with Crippen LogP contribution in [0.15, 0.2) is 51.4 Å². The number of rotatable bonds is 2. The Morgan fingerprint density at radius 1 is 0.941 bits per heavy atom. The van der Waals surface area contributed by atoms with Gasteiger partial charge in [0, 0.05) is 8.95 Å². The van der Waals surface area contributed by atoms with Crippen LogP contribution in [0.3, 0.4) is 0 Å². The fourth-order valence-corrected chi connectivity index (χ4v) is 2.00. The van der Waals surface area contributed by atoms with Crippen LogP contribution in [0.5, 0.6) is 11.5 Å². The summed E-state index contributed by atoms with van der Waals surface area (Å²) >= 11 is 6.68. The lowest BCUT2D eigenvalue weighted by atomic mass is 10.2. The molecule has 0 heterocycles. The molecular formula is C13H7Br2NO. The third-order valence-corrected chi connectivity index (χ3v) is 3.30. The second kappa shape index (κ2) is 5.35. The molecule has 17 heavy (non-hydrogen) atoms. The minimum Gasteiger partial charge on any atom is -0.457 e. The molecule has 0 amide bonds. The van der Waals surface area contributed by atoms with Crippen molar-refractivity contribution in [2.75, 3.05) is 0 Å². The standard InChI is InChI=1S/C13H7Br2NO/c14-10-2-5-11(6-3-10)17-12-4-1-9(8-16)13(15)7-12/h1-7H. The van der Waals surface area contributed by atoms with Crippen molar-refractivity contribution >= 4 is 31.9 Å². The zero-order valence-corrected chi connectivity index (χ0v) is 11.8. The fraction of sp³-hybridized carbons (Fsp3) is 0. The van der Waals surface area contributed by atoms with Crippen molar-refractivity contribution in [3.05, 3.63) is 57.0 Å². The zero-order chi connectivity index (χ0) is 12.3. The number of halogens is 2. The Morgan fingerprint density at radius 3 is 2.18 bits per heavy atom. The molecule has 0 aliphatic carbocycles. The molecule has 0 aliphatic rings. The van der Waals surface area contributed by atoms with Gasteiger partial charge >= 0.3 is 0 Å². The van der Waals surface area contributed by atoms with E-state index in [2.05, 4.69) is 37.9 Å². The molecule has 0 spiro atoms. The third-order valence-electron chi connectivity index (χ3n) is 2.11. The van der Waals surface area contributed by atoms with Gasteiger partial charge in [-0.1, -0.05) is 15.9 Å². The van der Waals surface area contributed by atoms with Crippen LogP contribution in [-0.2, 0) is 0 Å². The van der Waals surface area contributed by atoms with Crippen LogP contribution in [0.4, 0.5) is 0 Å². The molecule has 0 N–H and O–H groups in total. The van der Waals surface area contributed by atoms with Crippen LogP contribution in [0.1, 0.15) is 5.56 Å². The van der Waals surface area contributed by atoms with E-state index < -0.39 is 0 Å². The van der Waals surface area contributed by atoms with Gasteiger partial charge in [-0.3, -0.25) is 0 Å². The second-order valence-corrected chi connectivity index (χ2v) is 5.08. The molecule has 0 aliphatic heterocycles. The monoisotopic (exact) mass is 351 g/mol. The van der Waals surface area contributed by atoms with E-state index in [9.17, 15) is 0 Å². The Kier molecular flexibility index (Phi) is 3.82. The minimum absolute atomic E-state index is 0.591. The average molecular weight is 353 g/mol. The highest BCUT2D eigenvalue weighted by Gasteiger charge is 2.02. The highest BCUT2D eigenvalue weighted by molar-refractivity contribution is 9.10. The summed E-state index contributed by atoms with van der Waals surface area (Å²) in [4.78, 5) is 0. The van der Waals surface area contributed by atoms with Crippen molar-refractivity contribution in [2.24, 2.45) is 0 Å². The molecule has 0 bridgehead atoms. The lowest BCUT2D eigenvalue weighted by molar-refractivity contribution is 0.482. The van der Waals surface area contributed by atoms with Crippen molar-refractivity contribution in [2.45, 2.75) is 0 Å². The molecule has 2 aromatic rings. The SMILES string of the molecule is N#Cc1ccc(Oc2ccc(Br)cc2)cc1Br. The second-order valence-electron chi connectivity index (χ2n) is 3.31. The molecule has 0 saturated carbocycles. The Bertz CT molecular complexity index is 573. The molecule has 0 atom stereocenters. The van der Waals surface area contributed by atoms with Crippen LogP contribution in [0.25, 0.3) is 0 Å². The first-order chi connectivity index (χ1) is 8.19. The van der Waals surface area contributed by atoms with Gasteiger partial charge in [0.25, 0.3) is 0 Å². The molecule has 84 valence electrons. The van der Waals surface area contributed by atoms with E-state index in [0.717, 1.165) is 14.7 Å². The quantitative estimate of drug-likeness (QED) is 0.771. The summed E-state index contributed by atoms with van der Waals surface area (Å²) in [5.74, 6) is 1.45. The lowest BCUT2D eigenvalue weighted by Gasteiger charge is -2.06. The summed E-state index contributed by atoms with van der Waals surface area (Å²) in [7, 11) is 0. The maximum atomic E-state index is 8.80. The summed E-state index contributed by atoms with van der Waals surface area (Å²) in [5, 5.41) is 8.80. The first kappa shape index (κ1) is 12.2. The van der Waals surface area contributed by atoms with Gasteiger partial charge in [0.1, 0.15) is 17.6 Å². The molecule has 0 unspecified atom stereocenters. The number of nitriles is 1. The molecule has 0 saturated heterocycles. The summed E-state index contributed by atoms with van der Waals surface area (Å²) in [5.41, 5.74) is 0.591. The molecule has 0 fully saturated rings. The fourth-order valence-electron chi connectivity index (χ4n) is 1.29. The van der Waals surface area contributed by atoms with Gasteiger partial charge in [0.2, 0.25) is 0 Å². The summed E-state index contributed by atoms with van der Waals surface area (Å²) in [6, 6.07) is 14.9. The Hall–Kier alpha value is -1.31. The maximum Gasteiger partial charge on any atom is 0.128 e. The van der Waals surface area contributed by atoms with Gasteiger partial charge in [-0.15, -0.1) is 0 Å². The van der Waals surface area contributed by atoms with E-state index >= 15 is 0 Å². The number of hydrogen-bond acceptors (Lipinski definition) is 2. The number of ether oxygens (including phenoxy) is 1. The lowest BCUT2D eigenvalue weighted by Crippen LogP contribution is -1.85. The molecule has 4 heteroatoms. The summed E-state index contributed by atoms with van der Waals surface area (Å²) in [6.07, 6.45) is 0. The molecule has 2 rings (SSSR count). The summed E-state index contributed by atoms with van der Waals surface area (Å²) in [6.45, 7) is 0.